The number of fused-ring (bicyclic) bond motifs is 1. The van der Waals surface area contributed by atoms with Crippen LogP contribution in [0.4, 0.5) is 4.39 Å². The Balaban J connectivity index is 0.00000342. The van der Waals surface area contributed by atoms with Crippen LogP contribution in [0.25, 0.3) is 10.1 Å². The predicted octanol–water partition coefficient (Wildman–Crippen LogP) is 2.99. The summed E-state index contributed by atoms with van der Waals surface area (Å²) in [6.45, 7) is 3.75. The van der Waals surface area contributed by atoms with Crippen LogP contribution in [0.15, 0.2) is 46.7 Å². The molecule has 10 nitrogen and oxygen atoms in total. The van der Waals surface area contributed by atoms with Crippen LogP contribution in [0.3, 0.4) is 0 Å². The van der Waals surface area contributed by atoms with Gasteiger partial charge < -0.3 is 20.3 Å². The van der Waals surface area contributed by atoms with Gasteiger partial charge in [0.05, 0.1) is 25.1 Å². The van der Waals surface area contributed by atoms with E-state index in [0.717, 1.165) is 64.8 Å². The van der Waals surface area contributed by atoms with Crippen LogP contribution in [-0.2, 0) is 25.9 Å². The molecule has 2 heterocycles. The van der Waals surface area contributed by atoms with Crippen LogP contribution in [0, 0.1) is 17.1 Å². The highest BCUT2D eigenvalue weighted by Gasteiger charge is 2.22. The van der Waals surface area contributed by atoms with E-state index in [0.29, 0.717) is 13.2 Å². The van der Waals surface area contributed by atoms with Crippen molar-refractivity contribution in [2.75, 3.05) is 32.6 Å². The van der Waals surface area contributed by atoms with E-state index in [-0.39, 0.29) is 21.7 Å². The summed E-state index contributed by atoms with van der Waals surface area (Å²) >= 11 is 1.02. The van der Waals surface area contributed by atoms with E-state index in [1.165, 1.54) is 6.07 Å². The number of thiophene rings is 1. The maximum absolute atomic E-state index is 13.7. The average Bonchev–Trinajstić information content (AvgIpc) is 3.23. The summed E-state index contributed by atoms with van der Waals surface area (Å²) in [5.74, 6) is -1.30. The number of ether oxygens (including phenoxy) is 1. The van der Waals surface area contributed by atoms with Crippen molar-refractivity contribution in [1.82, 2.24) is 15.8 Å². The third kappa shape index (κ3) is 6.84. The van der Waals surface area contributed by atoms with Crippen molar-refractivity contribution in [3.63, 3.8) is 0 Å². The molecule has 0 bridgehead atoms. The molecule has 0 amide bonds. The van der Waals surface area contributed by atoms with Crippen molar-refractivity contribution in [3.8, 4) is 11.8 Å². The second-order valence-electron chi connectivity index (χ2n) is 7.59. The summed E-state index contributed by atoms with van der Waals surface area (Å²) in [5, 5.41) is 9.48. The van der Waals surface area contributed by atoms with E-state index >= 15 is 0 Å². The Morgan fingerprint density at radius 1 is 1.23 bits per heavy atom. The third-order valence-electron chi connectivity index (χ3n) is 5.09. The summed E-state index contributed by atoms with van der Waals surface area (Å²) < 4.78 is 64.2. The topological polar surface area (TPSA) is 168 Å². The Bertz CT molecular complexity index is 1400. The van der Waals surface area contributed by atoms with Gasteiger partial charge in [-0.15, -0.1) is 11.3 Å². The Morgan fingerprint density at radius 2 is 1.97 bits per heavy atom. The van der Waals surface area contributed by atoms with Gasteiger partial charge in [0.15, 0.2) is 7.60 Å². The van der Waals surface area contributed by atoms with Crippen molar-refractivity contribution in [2.45, 2.75) is 10.8 Å². The van der Waals surface area contributed by atoms with Crippen molar-refractivity contribution in [3.05, 3.63) is 59.4 Å². The van der Waals surface area contributed by atoms with Gasteiger partial charge in [0, 0.05) is 30.4 Å². The molecule has 1 aliphatic rings. The zero-order chi connectivity index (χ0) is 24.3. The molecule has 0 aliphatic carbocycles. The van der Waals surface area contributed by atoms with Crippen LogP contribution < -0.4 is 20.3 Å². The number of benzene rings is 2. The third-order valence-corrected chi connectivity index (χ3v) is 9.33. The highest BCUT2D eigenvalue weighted by Crippen LogP contribution is 2.38. The average molecular weight is 543 g/mol. The predicted molar refractivity (Wildman–Crippen MR) is 128 cm³/mol. The van der Waals surface area contributed by atoms with Gasteiger partial charge >= 0.3 is 0 Å². The number of nitriles is 1. The van der Waals surface area contributed by atoms with Gasteiger partial charge in [0.2, 0.25) is 0 Å². The minimum Gasteiger partial charge on any atom is -0.768 e. The van der Waals surface area contributed by atoms with Gasteiger partial charge in [-0.3, -0.25) is 9.46 Å². The van der Waals surface area contributed by atoms with E-state index in [2.05, 4.69) is 4.90 Å². The van der Waals surface area contributed by atoms with Crippen molar-refractivity contribution in [1.29, 1.82) is 5.26 Å². The minimum atomic E-state index is -4.74. The van der Waals surface area contributed by atoms with Gasteiger partial charge in [-0.1, -0.05) is 6.07 Å². The molecule has 1 aliphatic heterocycles. The summed E-state index contributed by atoms with van der Waals surface area (Å²) in [4.78, 5) is 14.5. The smallest absolute Gasteiger partial charge is 0.250 e. The van der Waals surface area contributed by atoms with Crippen LogP contribution >= 0.6 is 18.9 Å². The Morgan fingerprint density at radius 3 is 2.66 bits per heavy atom. The van der Waals surface area contributed by atoms with Crippen LogP contribution in [-0.4, -0.2) is 45.9 Å². The van der Waals surface area contributed by atoms with E-state index < -0.39 is 29.7 Å². The number of nitrogens with zero attached hydrogens (tertiary/aromatic N) is 2. The van der Waals surface area contributed by atoms with Gasteiger partial charge in [0.25, 0.3) is 10.0 Å². The molecule has 4 rings (SSSR count). The van der Waals surface area contributed by atoms with Crippen molar-refractivity contribution in [2.24, 2.45) is 0 Å². The summed E-state index contributed by atoms with van der Waals surface area (Å²) in [6.07, 6.45) is -1.02. The number of sulfonamides is 1. The Labute approximate surface area is 206 Å². The highest BCUT2D eigenvalue weighted by molar-refractivity contribution is 7.92. The number of morpholine rings is 1. The summed E-state index contributed by atoms with van der Waals surface area (Å²) in [6, 6.07) is 11.7. The molecule has 0 saturated carbocycles. The largest absolute Gasteiger partial charge is 0.768 e. The lowest BCUT2D eigenvalue weighted by Crippen LogP contribution is -2.35. The Hall–Kier alpha value is -2.40. The van der Waals surface area contributed by atoms with Crippen molar-refractivity contribution < 1.29 is 31.5 Å². The zero-order valence-electron chi connectivity index (χ0n) is 18.8. The minimum absolute atomic E-state index is 0. The fourth-order valence-electron chi connectivity index (χ4n) is 3.39. The molecule has 5 N–H and O–H groups in total. The Kier molecular flexibility index (Phi) is 8.63. The van der Waals surface area contributed by atoms with E-state index in [1.54, 1.807) is 6.07 Å². The molecule has 188 valence electrons. The number of rotatable bonds is 8. The zero-order valence-corrected chi connectivity index (χ0v) is 21.3. The number of hydrogen-bond acceptors (Lipinski definition) is 9. The second-order valence-corrected chi connectivity index (χ2v) is 12.4. The van der Waals surface area contributed by atoms with E-state index in [1.807, 2.05) is 22.9 Å². The fraction of sp³-hybridized carbons (Fsp3) is 0.286. The molecular formula is C21H24FN4O6PS2. The number of hydrogen-bond donors (Lipinski definition) is 2. The standard InChI is InChI=1S/C21H21FN3O6PS2.H3N/c22-19-11-18(3-2-16(19)12-23)31-32(26,27)14-24-34(28,29)21-10-17-9-15(1-4-20(17)33-21)13-25-5-7-30-8-6-25;/h1-4,9-11,24H,5-8,13-14H2,(H,26,27);1H3. The van der Waals surface area contributed by atoms with Crippen LogP contribution in [0.2, 0.25) is 0 Å². The maximum atomic E-state index is 13.7. The first-order chi connectivity index (χ1) is 16.1. The number of nitrogens with one attached hydrogen (secondary N) is 1. The van der Waals surface area contributed by atoms with Gasteiger partial charge in [-0.25, -0.2) is 17.5 Å². The molecule has 3 aromatic rings. The number of quaternary nitrogens is 1. The first kappa shape index (κ1) is 27.2. The molecular weight excluding hydrogens is 518 g/mol. The summed E-state index contributed by atoms with van der Waals surface area (Å²) in [7, 11) is -8.87. The molecule has 1 fully saturated rings. The second kappa shape index (κ2) is 11.1. The molecule has 14 heteroatoms. The quantitative estimate of drug-likeness (QED) is 0.410. The van der Waals surface area contributed by atoms with Gasteiger partial charge in [-0.2, -0.15) is 5.26 Å². The lowest BCUT2D eigenvalue weighted by Gasteiger charge is -2.26. The van der Waals surface area contributed by atoms with Gasteiger partial charge in [0.1, 0.15) is 21.8 Å². The maximum Gasteiger partial charge on any atom is 0.250 e. The first-order valence-corrected chi connectivity index (χ1v) is 14.2. The molecule has 1 saturated heterocycles. The van der Waals surface area contributed by atoms with E-state index in [4.69, 9.17) is 14.5 Å². The highest BCUT2D eigenvalue weighted by atomic mass is 32.2. The lowest BCUT2D eigenvalue weighted by atomic mass is 10.1. The van der Waals surface area contributed by atoms with Crippen LogP contribution in [0.1, 0.15) is 11.1 Å². The SMILES string of the molecule is N#Cc1ccc(OP(=O)([O-])CNS(=O)(=O)c2cc3cc(CN4CCOCC4)ccc3s2)cc1F.[NH4+]. The van der Waals surface area contributed by atoms with Gasteiger partial charge in [-0.05, 0) is 41.3 Å². The lowest BCUT2D eigenvalue weighted by molar-refractivity contribution is -0.191. The molecule has 1 atom stereocenters. The molecule has 0 spiro atoms. The molecule has 1 aromatic heterocycles. The van der Waals surface area contributed by atoms with Crippen molar-refractivity contribution >= 4 is 39.0 Å². The normalized spacial score (nSPS) is 16.3. The molecule has 35 heavy (non-hydrogen) atoms. The first-order valence-electron chi connectivity index (χ1n) is 10.2. The molecule has 2 aromatic carbocycles. The van der Waals surface area contributed by atoms with Crippen LogP contribution in [0.5, 0.6) is 5.75 Å². The molecule has 0 radical (unpaired) electrons. The fourth-order valence-corrected chi connectivity index (χ4v) is 7.28. The monoisotopic (exact) mass is 542 g/mol. The van der Waals surface area contributed by atoms with E-state index in [9.17, 15) is 22.3 Å². The summed E-state index contributed by atoms with van der Waals surface area (Å²) in [5.41, 5.74) is 0.767. The molecule has 1 unspecified atom stereocenters. The number of halogens is 1.